The number of para-hydroxylation sites is 1. The Kier molecular flexibility index (Phi) is 3.76. The van der Waals surface area contributed by atoms with Crippen molar-refractivity contribution in [2.45, 2.75) is 17.1 Å². The third kappa shape index (κ3) is 3.04. The van der Waals surface area contributed by atoms with Crippen LogP contribution in [0.5, 0.6) is 0 Å². The normalized spacial score (nSPS) is 19.0. The van der Waals surface area contributed by atoms with Crippen molar-refractivity contribution in [2.75, 3.05) is 6.54 Å². The van der Waals surface area contributed by atoms with Gasteiger partial charge in [-0.1, -0.05) is 30.8 Å². The van der Waals surface area contributed by atoms with Gasteiger partial charge in [-0.3, -0.25) is 19.8 Å². The maximum Gasteiger partial charge on any atom is 0.289 e. The number of hydrogen-bond acceptors (Lipinski definition) is 6. The number of nitrogens with zero attached hydrogens (tertiary/aromatic N) is 2. The molecule has 0 aromatic heterocycles. The quantitative estimate of drug-likeness (QED) is 0.671. The summed E-state index contributed by atoms with van der Waals surface area (Å²) < 4.78 is 26.5. The van der Waals surface area contributed by atoms with Crippen LogP contribution in [-0.4, -0.2) is 30.3 Å². The number of nitrogens with one attached hydrogen (secondary N) is 1. The van der Waals surface area contributed by atoms with Gasteiger partial charge in [0.2, 0.25) is 0 Å². The predicted octanol–water partition coefficient (Wildman–Crippen LogP) is 1.36. The molecule has 1 heterocycles. The molecular weight excluding hydrogens is 290 g/mol. The molecule has 1 N–H and O–H groups in total. The van der Waals surface area contributed by atoms with Crippen molar-refractivity contribution in [1.29, 1.82) is 0 Å². The number of hydrogen-bond donors (Lipinski definition) is 1. The van der Waals surface area contributed by atoms with Crippen LogP contribution in [0, 0.1) is 10.1 Å². The topological polar surface area (TPSA) is 102 Å². The molecule has 19 heavy (non-hydrogen) atoms. The molecule has 0 saturated carbocycles. The number of nitro benzene ring substituents is 1. The summed E-state index contributed by atoms with van der Waals surface area (Å²) in [6, 6.07) is 5.21. The Bertz CT molecular complexity index is 642. The molecule has 9 heteroatoms. The van der Waals surface area contributed by atoms with Gasteiger partial charge in [0.25, 0.3) is 15.7 Å². The first kappa shape index (κ1) is 13.8. The second-order valence-corrected chi connectivity index (χ2v) is 6.98. The monoisotopic (exact) mass is 301 g/mol. The summed E-state index contributed by atoms with van der Waals surface area (Å²) in [7, 11) is -3.99. The number of benzene rings is 1. The Morgan fingerprint density at radius 2 is 2.16 bits per heavy atom. The molecule has 1 aromatic carbocycles. The Morgan fingerprint density at radius 1 is 1.47 bits per heavy atom. The van der Waals surface area contributed by atoms with E-state index in [1.807, 2.05) is 6.92 Å². The molecule has 102 valence electrons. The lowest BCUT2D eigenvalue weighted by atomic mass is 10.3. The molecule has 0 amide bonds. The zero-order valence-electron chi connectivity index (χ0n) is 9.94. The lowest BCUT2D eigenvalue weighted by Crippen LogP contribution is -2.28. The second-order valence-electron chi connectivity index (χ2n) is 3.90. The van der Waals surface area contributed by atoms with Crippen molar-refractivity contribution in [2.24, 2.45) is 4.99 Å². The highest BCUT2D eigenvalue weighted by atomic mass is 32.2. The minimum Gasteiger partial charge on any atom is -0.261 e. The van der Waals surface area contributed by atoms with Gasteiger partial charge in [-0.2, -0.15) is 0 Å². The van der Waals surface area contributed by atoms with Crippen molar-refractivity contribution in [3.05, 3.63) is 34.4 Å². The first-order valence-corrected chi connectivity index (χ1v) is 7.74. The summed E-state index contributed by atoms with van der Waals surface area (Å²) in [5, 5.41) is 11.3. The molecule has 2 rings (SSSR count). The van der Waals surface area contributed by atoms with Crippen molar-refractivity contribution in [3.63, 3.8) is 0 Å². The van der Waals surface area contributed by atoms with Gasteiger partial charge in [-0.05, 0) is 6.07 Å². The molecule has 0 saturated heterocycles. The standard InChI is InChI=1S/C10H11N3O4S2/c1-7-6-11-10(18-7)12-19(16,17)9-5-3-2-4-8(9)13(14)15/h2-5,7H,6H2,1H3,(H,11,12)/t7-/m0/s1. The van der Waals surface area contributed by atoms with Crippen LogP contribution in [0.2, 0.25) is 0 Å². The number of sulfonamides is 1. The number of aliphatic imine (C=N–C) groups is 1. The molecule has 0 bridgehead atoms. The first-order chi connectivity index (χ1) is 8.90. The minimum absolute atomic E-state index is 0.198. The van der Waals surface area contributed by atoms with Gasteiger partial charge < -0.3 is 0 Å². The van der Waals surface area contributed by atoms with E-state index in [1.54, 1.807) is 0 Å². The molecule has 7 nitrogen and oxygen atoms in total. The largest absolute Gasteiger partial charge is 0.289 e. The number of thioether (sulfide) groups is 1. The maximum atomic E-state index is 12.1. The minimum atomic E-state index is -3.99. The van der Waals surface area contributed by atoms with Crippen LogP contribution in [0.4, 0.5) is 5.69 Å². The summed E-state index contributed by atoms with van der Waals surface area (Å²) >= 11 is 1.29. The Hall–Kier alpha value is -1.61. The van der Waals surface area contributed by atoms with E-state index in [0.29, 0.717) is 6.54 Å². The van der Waals surface area contributed by atoms with Crippen molar-refractivity contribution >= 4 is 32.6 Å². The van der Waals surface area contributed by atoms with Crippen molar-refractivity contribution in [1.82, 2.24) is 4.72 Å². The lowest BCUT2D eigenvalue weighted by Gasteiger charge is -2.07. The number of nitro groups is 1. The van der Waals surface area contributed by atoms with Crippen LogP contribution < -0.4 is 4.72 Å². The second kappa shape index (κ2) is 5.17. The molecular formula is C10H11N3O4S2. The van der Waals surface area contributed by atoms with Crippen LogP contribution >= 0.6 is 11.8 Å². The van der Waals surface area contributed by atoms with Gasteiger partial charge in [0, 0.05) is 11.3 Å². The van der Waals surface area contributed by atoms with E-state index in [0.717, 1.165) is 6.07 Å². The summed E-state index contributed by atoms with van der Waals surface area (Å²) in [5.41, 5.74) is -0.452. The lowest BCUT2D eigenvalue weighted by molar-refractivity contribution is -0.387. The fraction of sp³-hybridized carbons (Fsp3) is 0.300. The fourth-order valence-corrected chi connectivity index (χ4v) is 3.82. The van der Waals surface area contributed by atoms with Crippen LogP contribution in [0.25, 0.3) is 0 Å². The highest BCUT2D eigenvalue weighted by Crippen LogP contribution is 2.25. The van der Waals surface area contributed by atoms with E-state index in [2.05, 4.69) is 9.71 Å². The average molecular weight is 301 g/mol. The molecule has 1 aromatic rings. The van der Waals surface area contributed by atoms with E-state index >= 15 is 0 Å². The molecule has 0 aliphatic carbocycles. The Labute approximate surface area is 114 Å². The molecule has 1 aliphatic rings. The van der Waals surface area contributed by atoms with Crippen LogP contribution in [0.15, 0.2) is 34.2 Å². The summed E-state index contributed by atoms with van der Waals surface area (Å²) in [6.45, 7) is 2.44. The number of rotatable bonds is 3. The van der Waals surface area contributed by atoms with E-state index < -0.39 is 20.6 Å². The van der Waals surface area contributed by atoms with E-state index in [-0.39, 0.29) is 15.3 Å². The third-order valence-corrected chi connectivity index (χ3v) is 4.90. The van der Waals surface area contributed by atoms with Crippen LogP contribution in [-0.2, 0) is 10.0 Å². The van der Waals surface area contributed by atoms with E-state index in [9.17, 15) is 18.5 Å². The molecule has 0 unspecified atom stereocenters. The van der Waals surface area contributed by atoms with Crippen molar-refractivity contribution in [3.8, 4) is 0 Å². The summed E-state index contributed by atoms with van der Waals surface area (Å²) in [4.78, 5) is 13.8. The van der Waals surface area contributed by atoms with Crippen LogP contribution in [0.1, 0.15) is 6.92 Å². The Balaban J connectivity index is 2.33. The van der Waals surface area contributed by atoms with Gasteiger partial charge in [-0.15, -0.1) is 0 Å². The zero-order valence-corrected chi connectivity index (χ0v) is 11.6. The van der Waals surface area contributed by atoms with Gasteiger partial charge in [0.05, 0.1) is 11.5 Å². The van der Waals surface area contributed by atoms with Crippen LogP contribution in [0.3, 0.4) is 0 Å². The molecule has 1 aliphatic heterocycles. The smallest absolute Gasteiger partial charge is 0.261 e. The first-order valence-electron chi connectivity index (χ1n) is 5.37. The molecule has 0 spiro atoms. The predicted molar refractivity (Wildman–Crippen MR) is 72.8 cm³/mol. The van der Waals surface area contributed by atoms with Crippen molar-refractivity contribution < 1.29 is 13.3 Å². The highest BCUT2D eigenvalue weighted by molar-refractivity contribution is 8.15. The highest BCUT2D eigenvalue weighted by Gasteiger charge is 2.28. The van der Waals surface area contributed by atoms with E-state index in [4.69, 9.17) is 0 Å². The third-order valence-electron chi connectivity index (χ3n) is 2.38. The van der Waals surface area contributed by atoms with Gasteiger partial charge in [0.1, 0.15) is 0 Å². The van der Waals surface area contributed by atoms with Gasteiger partial charge >= 0.3 is 0 Å². The fourth-order valence-electron chi connectivity index (χ4n) is 1.54. The summed E-state index contributed by atoms with van der Waals surface area (Å²) in [5.74, 6) is 0. The van der Waals surface area contributed by atoms with E-state index in [1.165, 1.54) is 30.0 Å². The number of amidine groups is 1. The molecule has 0 radical (unpaired) electrons. The van der Waals surface area contributed by atoms with Gasteiger partial charge in [0.15, 0.2) is 10.1 Å². The van der Waals surface area contributed by atoms with Gasteiger partial charge in [-0.25, -0.2) is 8.42 Å². The Morgan fingerprint density at radius 3 is 2.74 bits per heavy atom. The summed E-state index contributed by atoms with van der Waals surface area (Å²) in [6.07, 6.45) is 0. The zero-order chi connectivity index (χ0) is 14.0. The molecule has 1 atom stereocenters. The SMILES string of the molecule is C[C@H]1CN=C(NS(=O)(=O)c2ccccc2[N+](=O)[O-])S1. The maximum absolute atomic E-state index is 12.1. The average Bonchev–Trinajstić information content (AvgIpc) is 2.74. The molecule has 0 fully saturated rings.